The lowest BCUT2D eigenvalue weighted by molar-refractivity contribution is -0.132. The van der Waals surface area contributed by atoms with Gasteiger partial charge in [-0.1, -0.05) is 30.3 Å². The summed E-state index contributed by atoms with van der Waals surface area (Å²) in [6.07, 6.45) is 1.28. The summed E-state index contributed by atoms with van der Waals surface area (Å²) in [6.45, 7) is 2.35. The van der Waals surface area contributed by atoms with E-state index in [1.165, 1.54) is 16.6 Å². The second kappa shape index (κ2) is 6.63. The molecule has 0 radical (unpaired) electrons. The molecule has 4 rings (SSSR count). The van der Waals surface area contributed by atoms with Crippen LogP contribution < -0.4 is 4.74 Å². The number of hydrogen-bond acceptors (Lipinski definition) is 2. The summed E-state index contributed by atoms with van der Waals surface area (Å²) >= 11 is 0. The fraction of sp³-hybridized carbons (Fsp3) is 0.286. The van der Waals surface area contributed by atoms with Crippen molar-refractivity contribution in [1.82, 2.24) is 9.47 Å². The number of amides is 1. The Labute approximate surface area is 147 Å². The van der Waals surface area contributed by atoms with Gasteiger partial charge in [-0.2, -0.15) is 0 Å². The largest absolute Gasteiger partial charge is 0.497 e. The van der Waals surface area contributed by atoms with E-state index in [-0.39, 0.29) is 5.91 Å². The second-order valence-electron chi connectivity index (χ2n) is 6.51. The van der Waals surface area contributed by atoms with E-state index >= 15 is 0 Å². The van der Waals surface area contributed by atoms with Crippen molar-refractivity contribution in [3.8, 4) is 5.75 Å². The molecule has 1 aromatic heterocycles. The molecule has 4 nitrogen and oxygen atoms in total. The first-order valence-corrected chi connectivity index (χ1v) is 8.72. The van der Waals surface area contributed by atoms with Gasteiger partial charge in [-0.3, -0.25) is 4.79 Å². The molecule has 0 saturated carbocycles. The third kappa shape index (κ3) is 3.12. The van der Waals surface area contributed by atoms with Crippen molar-refractivity contribution in [2.75, 3.05) is 13.7 Å². The highest BCUT2D eigenvalue weighted by Gasteiger charge is 2.21. The van der Waals surface area contributed by atoms with Gasteiger partial charge in [0, 0.05) is 30.7 Å². The average molecular weight is 334 g/mol. The van der Waals surface area contributed by atoms with Crippen LogP contribution in [-0.2, 0) is 24.3 Å². The SMILES string of the molecule is COc1cccc(CCC(=O)N2CCn3c(cc4ccccc43)C2)c1. The van der Waals surface area contributed by atoms with Gasteiger partial charge in [0.05, 0.1) is 13.7 Å². The maximum absolute atomic E-state index is 12.6. The van der Waals surface area contributed by atoms with Crippen LogP contribution in [0.5, 0.6) is 5.75 Å². The summed E-state index contributed by atoms with van der Waals surface area (Å²) in [5, 5.41) is 1.25. The Morgan fingerprint density at radius 3 is 2.84 bits per heavy atom. The van der Waals surface area contributed by atoms with Crippen molar-refractivity contribution < 1.29 is 9.53 Å². The molecular weight excluding hydrogens is 312 g/mol. The summed E-state index contributed by atoms with van der Waals surface area (Å²) in [6, 6.07) is 18.6. The molecule has 0 N–H and O–H groups in total. The average Bonchev–Trinajstić information content (AvgIpc) is 3.04. The fourth-order valence-electron chi connectivity index (χ4n) is 3.61. The standard InChI is InChI=1S/C21H22N2O2/c1-25-19-7-4-5-16(13-19)9-10-21(24)22-11-12-23-18(15-22)14-17-6-2-3-8-20(17)23/h2-8,13-14H,9-12,15H2,1H3. The highest BCUT2D eigenvalue weighted by molar-refractivity contribution is 5.82. The minimum Gasteiger partial charge on any atom is -0.497 e. The van der Waals surface area contributed by atoms with Gasteiger partial charge in [0.25, 0.3) is 0 Å². The van der Waals surface area contributed by atoms with Crippen LogP contribution in [0.3, 0.4) is 0 Å². The van der Waals surface area contributed by atoms with Gasteiger partial charge in [0.15, 0.2) is 0 Å². The van der Waals surface area contributed by atoms with Crippen molar-refractivity contribution >= 4 is 16.8 Å². The number of hydrogen-bond donors (Lipinski definition) is 0. The van der Waals surface area contributed by atoms with Crippen LogP contribution >= 0.6 is 0 Å². The molecule has 1 amide bonds. The van der Waals surface area contributed by atoms with Gasteiger partial charge in [-0.25, -0.2) is 0 Å². The van der Waals surface area contributed by atoms with Crippen molar-refractivity contribution in [3.05, 3.63) is 65.9 Å². The van der Waals surface area contributed by atoms with Gasteiger partial charge in [0.2, 0.25) is 5.91 Å². The molecule has 0 bridgehead atoms. The van der Waals surface area contributed by atoms with Crippen LogP contribution in [-0.4, -0.2) is 29.0 Å². The number of benzene rings is 2. The zero-order valence-electron chi connectivity index (χ0n) is 14.4. The summed E-state index contributed by atoms with van der Waals surface area (Å²) in [4.78, 5) is 14.6. The van der Waals surface area contributed by atoms with E-state index in [2.05, 4.69) is 34.9 Å². The Morgan fingerprint density at radius 1 is 1.08 bits per heavy atom. The van der Waals surface area contributed by atoms with Crippen molar-refractivity contribution in [2.45, 2.75) is 25.9 Å². The minimum atomic E-state index is 0.222. The van der Waals surface area contributed by atoms with Crippen molar-refractivity contribution in [1.29, 1.82) is 0 Å². The molecule has 25 heavy (non-hydrogen) atoms. The third-order valence-electron chi connectivity index (χ3n) is 4.96. The number of aromatic nitrogens is 1. The van der Waals surface area contributed by atoms with Gasteiger partial charge in [-0.05, 0) is 41.6 Å². The first-order valence-electron chi connectivity index (χ1n) is 8.72. The first-order chi connectivity index (χ1) is 12.2. The number of rotatable bonds is 4. The maximum Gasteiger partial charge on any atom is 0.223 e. The summed E-state index contributed by atoms with van der Waals surface area (Å²) in [5.74, 6) is 1.06. The zero-order valence-corrected chi connectivity index (χ0v) is 14.4. The van der Waals surface area contributed by atoms with Crippen LogP contribution in [0, 0.1) is 0 Å². The number of nitrogens with zero attached hydrogens (tertiary/aromatic N) is 2. The van der Waals surface area contributed by atoms with Crippen LogP contribution in [0.25, 0.3) is 10.9 Å². The predicted octanol–water partition coefficient (Wildman–Crippen LogP) is 3.62. The van der Waals surface area contributed by atoms with Gasteiger partial charge < -0.3 is 14.2 Å². The molecule has 0 unspecified atom stereocenters. The lowest BCUT2D eigenvalue weighted by Gasteiger charge is -2.29. The molecule has 0 spiro atoms. The van der Waals surface area contributed by atoms with Gasteiger partial charge in [-0.15, -0.1) is 0 Å². The van der Waals surface area contributed by atoms with E-state index in [9.17, 15) is 4.79 Å². The highest BCUT2D eigenvalue weighted by Crippen LogP contribution is 2.24. The van der Waals surface area contributed by atoms with Crippen LogP contribution in [0.15, 0.2) is 54.6 Å². The van der Waals surface area contributed by atoms with E-state index in [4.69, 9.17) is 4.74 Å². The third-order valence-corrected chi connectivity index (χ3v) is 4.96. The smallest absolute Gasteiger partial charge is 0.223 e. The van der Waals surface area contributed by atoms with Crippen molar-refractivity contribution in [2.24, 2.45) is 0 Å². The number of carbonyl (C=O) groups is 1. The lowest BCUT2D eigenvalue weighted by atomic mass is 10.1. The number of fused-ring (bicyclic) bond motifs is 3. The molecule has 4 heteroatoms. The number of para-hydroxylation sites is 1. The molecule has 0 aliphatic carbocycles. The van der Waals surface area contributed by atoms with Crippen LogP contribution in [0.2, 0.25) is 0 Å². The normalized spacial score (nSPS) is 13.7. The quantitative estimate of drug-likeness (QED) is 0.730. The lowest BCUT2D eigenvalue weighted by Crippen LogP contribution is -2.38. The molecule has 0 saturated heterocycles. The molecule has 2 aromatic carbocycles. The molecule has 2 heterocycles. The maximum atomic E-state index is 12.6. The molecule has 3 aromatic rings. The first kappa shape index (κ1) is 15.8. The Bertz CT molecular complexity index is 913. The van der Waals surface area contributed by atoms with Gasteiger partial charge in [0.1, 0.15) is 5.75 Å². The molecule has 0 fully saturated rings. The van der Waals surface area contributed by atoms with E-state index < -0.39 is 0 Å². The van der Waals surface area contributed by atoms with E-state index in [0.29, 0.717) is 13.0 Å². The Balaban J connectivity index is 1.43. The Hall–Kier alpha value is -2.75. The molecule has 128 valence electrons. The second-order valence-corrected chi connectivity index (χ2v) is 6.51. The molecular formula is C21H22N2O2. The Kier molecular flexibility index (Phi) is 4.18. The predicted molar refractivity (Wildman–Crippen MR) is 98.7 cm³/mol. The number of carbonyl (C=O) groups excluding carboxylic acids is 1. The van der Waals surface area contributed by atoms with Crippen molar-refractivity contribution in [3.63, 3.8) is 0 Å². The minimum absolute atomic E-state index is 0.222. The topological polar surface area (TPSA) is 34.5 Å². The summed E-state index contributed by atoms with van der Waals surface area (Å²) in [5.41, 5.74) is 3.63. The summed E-state index contributed by atoms with van der Waals surface area (Å²) in [7, 11) is 1.66. The Morgan fingerprint density at radius 2 is 1.96 bits per heavy atom. The highest BCUT2D eigenvalue weighted by atomic mass is 16.5. The molecule has 0 atom stereocenters. The molecule has 1 aliphatic rings. The number of methoxy groups -OCH3 is 1. The fourth-order valence-corrected chi connectivity index (χ4v) is 3.61. The number of ether oxygens (including phenoxy) is 1. The van der Waals surface area contributed by atoms with E-state index in [1.54, 1.807) is 7.11 Å². The van der Waals surface area contributed by atoms with Crippen LogP contribution in [0.4, 0.5) is 0 Å². The summed E-state index contributed by atoms with van der Waals surface area (Å²) < 4.78 is 7.58. The number of aryl methyl sites for hydroxylation is 1. The molecule has 1 aliphatic heterocycles. The zero-order chi connectivity index (χ0) is 17.2. The monoisotopic (exact) mass is 334 g/mol. The van der Waals surface area contributed by atoms with E-state index in [1.807, 2.05) is 29.2 Å². The van der Waals surface area contributed by atoms with Crippen LogP contribution in [0.1, 0.15) is 17.7 Å². The van der Waals surface area contributed by atoms with E-state index in [0.717, 1.165) is 30.8 Å². The van der Waals surface area contributed by atoms with Gasteiger partial charge >= 0.3 is 0 Å².